The molecule has 0 radical (unpaired) electrons. The Labute approximate surface area is 168 Å². The van der Waals surface area contributed by atoms with Crippen LogP contribution in [0.2, 0.25) is 0 Å². The summed E-state index contributed by atoms with van der Waals surface area (Å²) in [6.07, 6.45) is 24.2. The third-order valence-electron chi connectivity index (χ3n) is 7.53. The van der Waals surface area contributed by atoms with Crippen LogP contribution < -0.4 is 0 Å². The van der Waals surface area contributed by atoms with E-state index in [0.717, 1.165) is 41.4 Å². The van der Waals surface area contributed by atoms with Crippen LogP contribution in [0.15, 0.2) is 47.6 Å². The van der Waals surface area contributed by atoms with Gasteiger partial charge in [-0.3, -0.25) is 0 Å². The van der Waals surface area contributed by atoms with Crippen molar-refractivity contribution in [1.82, 2.24) is 0 Å². The maximum Gasteiger partial charge on any atom is -0.0109 e. The second-order valence-electron chi connectivity index (χ2n) is 10.1. The van der Waals surface area contributed by atoms with Crippen molar-refractivity contribution in [3.63, 3.8) is 0 Å². The number of hydrogen-bond donors (Lipinski definition) is 0. The van der Waals surface area contributed by atoms with Crippen LogP contribution in [0.4, 0.5) is 0 Å². The van der Waals surface area contributed by atoms with Gasteiger partial charge in [0, 0.05) is 0 Å². The Morgan fingerprint density at radius 3 is 2.00 bits per heavy atom. The lowest BCUT2D eigenvalue weighted by Gasteiger charge is -2.40. The maximum atomic E-state index is 2.44. The summed E-state index contributed by atoms with van der Waals surface area (Å²) in [4.78, 5) is 0. The van der Waals surface area contributed by atoms with E-state index in [1.165, 1.54) is 44.9 Å². The second-order valence-corrected chi connectivity index (χ2v) is 10.1. The SMILES string of the molecule is CC(C)C1=CC=CC2CCCC(C)C12.CC(C)C1=CC=CC2CCCCC12. The highest BCUT2D eigenvalue weighted by Gasteiger charge is 2.33. The average molecular weight is 367 g/mol. The van der Waals surface area contributed by atoms with Crippen LogP contribution in [0.5, 0.6) is 0 Å². The zero-order chi connectivity index (χ0) is 19.4. The molecule has 2 fully saturated rings. The minimum absolute atomic E-state index is 0.730. The molecular weight excluding hydrogens is 324 g/mol. The fraction of sp³-hybridized carbons (Fsp3) is 0.704. The molecule has 0 aliphatic heterocycles. The van der Waals surface area contributed by atoms with Gasteiger partial charge in [0.2, 0.25) is 0 Å². The molecule has 4 aliphatic carbocycles. The Morgan fingerprint density at radius 1 is 0.704 bits per heavy atom. The van der Waals surface area contributed by atoms with Gasteiger partial charge in [0.1, 0.15) is 0 Å². The van der Waals surface area contributed by atoms with E-state index in [4.69, 9.17) is 0 Å². The van der Waals surface area contributed by atoms with Gasteiger partial charge in [-0.2, -0.15) is 0 Å². The Morgan fingerprint density at radius 2 is 1.30 bits per heavy atom. The molecule has 0 spiro atoms. The molecule has 0 nitrogen and oxygen atoms in total. The minimum Gasteiger partial charge on any atom is -0.0808 e. The summed E-state index contributed by atoms with van der Waals surface area (Å²) in [5.41, 5.74) is 3.40. The highest BCUT2D eigenvalue weighted by atomic mass is 14.4. The topological polar surface area (TPSA) is 0 Å². The number of fused-ring (bicyclic) bond motifs is 2. The minimum atomic E-state index is 0.730. The predicted octanol–water partition coefficient (Wildman–Crippen LogP) is 8.14. The molecule has 0 bridgehead atoms. The molecule has 0 amide bonds. The zero-order valence-electron chi connectivity index (χ0n) is 18.5. The lowest BCUT2D eigenvalue weighted by molar-refractivity contribution is 0.220. The highest BCUT2D eigenvalue weighted by molar-refractivity contribution is 5.26. The maximum absolute atomic E-state index is 2.44. The van der Waals surface area contributed by atoms with Gasteiger partial charge in [0.15, 0.2) is 0 Å². The van der Waals surface area contributed by atoms with Crippen molar-refractivity contribution < 1.29 is 0 Å². The molecule has 5 unspecified atom stereocenters. The fourth-order valence-corrected chi connectivity index (χ4v) is 6.10. The van der Waals surface area contributed by atoms with E-state index in [2.05, 4.69) is 71.1 Å². The van der Waals surface area contributed by atoms with Gasteiger partial charge < -0.3 is 0 Å². The van der Waals surface area contributed by atoms with E-state index in [1.54, 1.807) is 11.1 Å². The van der Waals surface area contributed by atoms with Gasteiger partial charge in [-0.05, 0) is 60.7 Å². The summed E-state index contributed by atoms with van der Waals surface area (Å²) < 4.78 is 0. The summed E-state index contributed by atoms with van der Waals surface area (Å²) in [6, 6.07) is 0. The van der Waals surface area contributed by atoms with Crippen molar-refractivity contribution in [3.05, 3.63) is 47.6 Å². The first-order valence-electron chi connectivity index (χ1n) is 11.8. The van der Waals surface area contributed by atoms with Crippen LogP contribution in [-0.4, -0.2) is 0 Å². The Balaban J connectivity index is 0.000000156. The number of hydrogen-bond acceptors (Lipinski definition) is 0. The third-order valence-corrected chi connectivity index (χ3v) is 7.53. The smallest absolute Gasteiger partial charge is 0.0109 e. The van der Waals surface area contributed by atoms with Crippen molar-refractivity contribution in [2.75, 3.05) is 0 Å². The quantitative estimate of drug-likeness (QED) is 0.462. The molecule has 150 valence electrons. The van der Waals surface area contributed by atoms with Crippen LogP contribution in [-0.2, 0) is 0 Å². The van der Waals surface area contributed by atoms with Gasteiger partial charge in [-0.1, -0.05) is 108 Å². The summed E-state index contributed by atoms with van der Waals surface area (Å²) >= 11 is 0. The lowest BCUT2D eigenvalue weighted by atomic mass is 9.65. The normalized spacial score (nSPS) is 35.0. The molecule has 0 N–H and O–H groups in total. The molecule has 4 rings (SSSR count). The van der Waals surface area contributed by atoms with Gasteiger partial charge in [0.05, 0.1) is 0 Å². The lowest BCUT2D eigenvalue weighted by Crippen LogP contribution is -2.30. The molecule has 0 saturated heterocycles. The van der Waals surface area contributed by atoms with E-state index < -0.39 is 0 Å². The van der Waals surface area contributed by atoms with Gasteiger partial charge in [-0.15, -0.1) is 0 Å². The van der Waals surface area contributed by atoms with Gasteiger partial charge >= 0.3 is 0 Å². The summed E-state index contributed by atoms with van der Waals surface area (Å²) in [5.74, 6) is 5.83. The summed E-state index contributed by atoms with van der Waals surface area (Å²) in [6.45, 7) is 11.8. The van der Waals surface area contributed by atoms with Crippen molar-refractivity contribution in [1.29, 1.82) is 0 Å². The fourth-order valence-electron chi connectivity index (χ4n) is 6.10. The zero-order valence-corrected chi connectivity index (χ0v) is 18.5. The molecular formula is C27H42. The van der Waals surface area contributed by atoms with E-state index in [9.17, 15) is 0 Å². The van der Waals surface area contributed by atoms with Crippen LogP contribution in [0, 0.1) is 41.4 Å². The Kier molecular flexibility index (Phi) is 7.23. The summed E-state index contributed by atoms with van der Waals surface area (Å²) in [7, 11) is 0. The first kappa shape index (κ1) is 20.7. The third kappa shape index (κ3) is 4.87. The Bertz CT molecular complexity index is 598. The molecule has 2 saturated carbocycles. The molecule has 0 heterocycles. The molecule has 0 aromatic rings. The molecule has 4 aliphatic rings. The summed E-state index contributed by atoms with van der Waals surface area (Å²) in [5, 5.41) is 0. The van der Waals surface area contributed by atoms with E-state index in [0.29, 0.717) is 0 Å². The largest absolute Gasteiger partial charge is 0.0808 e. The standard InChI is InChI=1S/C14H22.C13H20/c1-10(2)13-9-5-8-12-7-4-6-11(3)14(12)13;1-10(2)12-9-5-7-11-6-3-4-8-13(11)12/h5,8-12,14H,4,6-7H2,1-3H3;5,7,9-11,13H,3-4,6,8H2,1-2H3. The van der Waals surface area contributed by atoms with Gasteiger partial charge in [-0.25, -0.2) is 0 Å². The highest BCUT2D eigenvalue weighted by Crippen LogP contribution is 2.44. The van der Waals surface area contributed by atoms with Crippen LogP contribution in [0.1, 0.15) is 79.6 Å². The molecule has 27 heavy (non-hydrogen) atoms. The first-order chi connectivity index (χ1) is 13.0. The number of rotatable bonds is 2. The van der Waals surface area contributed by atoms with E-state index in [-0.39, 0.29) is 0 Å². The monoisotopic (exact) mass is 366 g/mol. The van der Waals surface area contributed by atoms with Crippen molar-refractivity contribution in [2.24, 2.45) is 41.4 Å². The van der Waals surface area contributed by atoms with Crippen molar-refractivity contribution >= 4 is 0 Å². The predicted molar refractivity (Wildman–Crippen MR) is 120 cm³/mol. The van der Waals surface area contributed by atoms with Crippen LogP contribution in [0.3, 0.4) is 0 Å². The Hall–Kier alpha value is -1.04. The van der Waals surface area contributed by atoms with Crippen LogP contribution in [0.25, 0.3) is 0 Å². The first-order valence-corrected chi connectivity index (χ1v) is 11.8. The van der Waals surface area contributed by atoms with Crippen molar-refractivity contribution in [3.8, 4) is 0 Å². The average Bonchev–Trinajstić information content (AvgIpc) is 2.67. The molecule has 0 aromatic heterocycles. The molecule has 5 atom stereocenters. The van der Waals surface area contributed by atoms with Gasteiger partial charge in [0.25, 0.3) is 0 Å². The van der Waals surface area contributed by atoms with E-state index >= 15 is 0 Å². The van der Waals surface area contributed by atoms with Crippen molar-refractivity contribution in [2.45, 2.75) is 79.6 Å². The van der Waals surface area contributed by atoms with E-state index in [1.807, 2.05) is 0 Å². The van der Waals surface area contributed by atoms with Crippen LogP contribution >= 0.6 is 0 Å². The number of allylic oxidation sites excluding steroid dienone is 8. The second kappa shape index (κ2) is 9.44. The molecule has 0 heteroatoms. The molecule has 0 aromatic carbocycles.